The van der Waals surface area contributed by atoms with E-state index in [0.29, 0.717) is 22.8 Å². The van der Waals surface area contributed by atoms with Crippen LogP contribution >= 0.6 is 11.6 Å². The SMILES string of the molecule is Cc1cc(N)c(C=N)c(-c2c(N3CCN(CC(C)(C)O)CC34CCC4)nn(C3CC4(C3)CN(C=O)C4)c2C)c1Cl. The fraction of sp³-hybridized carbons (Fsp3) is 0.633. The molecule has 216 valence electrons. The zero-order chi connectivity index (χ0) is 28.6. The van der Waals surface area contributed by atoms with Gasteiger partial charge in [0, 0.05) is 79.0 Å². The number of hydrogen-bond donors (Lipinski definition) is 3. The molecule has 0 unspecified atom stereocenters. The molecule has 10 heteroatoms. The number of aryl methyl sites for hydroxylation is 1. The maximum Gasteiger partial charge on any atom is 0.209 e. The number of β-amino-alcohol motifs (C(OH)–C–C–N with tert-alkyl or cyclic N) is 1. The zero-order valence-electron chi connectivity index (χ0n) is 24.1. The van der Waals surface area contributed by atoms with Gasteiger partial charge >= 0.3 is 0 Å². The lowest BCUT2D eigenvalue weighted by atomic mass is 9.61. The number of nitrogens with one attached hydrogen (secondary N) is 1. The molecule has 2 aliphatic heterocycles. The van der Waals surface area contributed by atoms with E-state index in [1.54, 1.807) is 0 Å². The minimum absolute atomic E-state index is 0.0458. The molecule has 6 rings (SSSR count). The van der Waals surface area contributed by atoms with Gasteiger partial charge in [0.2, 0.25) is 6.41 Å². The lowest BCUT2D eigenvalue weighted by molar-refractivity contribution is -0.140. The van der Waals surface area contributed by atoms with Crippen LogP contribution in [0.4, 0.5) is 11.5 Å². The molecule has 0 atom stereocenters. The van der Waals surface area contributed by atoms with Crippen LogP contribution in [0.15, 0.2) is 6.07 Å². The molecule has 3 heterocycles. The molecule has 9 nitrogen and oxygen atoms in total. The number of nitrogens with two attached hydrogens (primary N) is 1. The molecule has 40 heavy (non-hydrogen) atoms. The van der Waals surface area contributed by atoms with Crippen molar-refractivity contribution in [3.63, 3.8) is 0 Å². The molecule has 0 bridgehead atoms. The Kier molecular flexibility index (Phi) is 6.51. The van der Waals surface area contributed by atoms with Crippen LogP contribution in [0.5, 0.6) is 0 Å². The summed E-state index contributed by atoms with van der Waals surface area (Å²) in [5, 5.41) is 24.8. The summed E-state index contributed by atoms with van der Waals surface area (Å²) in [7, 11) is 0. The Morgan fingerprint density at radius 1 is 1.20 bits per heavy atom. The molecule has 1 aromatic carbocycles. The summed E-state index contributed by atoms with van der Waals surface area (Å²) in [6.07, 6.45) is 7.61. The van der Waals surface area contributed by atoms with Crippen LogP contribution in [0.1, 0.15) is 68.8 Å². The number of anilines is 2. The molecule has 4 N–H and O–H groups in total. The molecular weight excluding hydrogens is 526 g/mol. The summed E-state index contributed by atoms with van der Waals surface area (Å²) in [5.74, 6) is 0.930. The van der Waals surface area contributed by atoms with Gasteiger partial charge in [-0.05, 0) is 71.4 Å². The summed E-state index contributed by atoms with van der Waals surface area (Å²) in [4.78, 5) is 17.9. The lowest BCUT2D eigenvalue weighted by Crippen LogP contribution is -2.67. The molecule has 2 saturated carbocycles. The number of carbonyl (C=O) groups excluding carboxylic acids is 1. The van der Waals surface area contributed by atoms with E-state index in [1.807, 2.05) is 31.7 Å². The molecule has 2 aromatic rings. The van der Waals surface area contributed by atoms with E-state index in [0.717, 1.165) is 93.0 Å². The highest BCUT2D eigenvalue weighted by Crippen LogP contribution is 2.56. The Hall–Kier alpha value is -2.62. The van der Waals surface area contributed by atoms with E-state index < -0.39 is 5.60 Å². The fourth-order valence-corrected chi connectivity index (χ4v) is 8.17. The monoisotopic (exact) mass is 567 g/mol. The molecule has 2 saturated heterocycles. The number of aliphatic hydroxyl groups is 1. The van der Waals surface area contributed by atoms with Crippen LogP contribution in [0.2, 0.25) is 5.02 Å². The number of carbonyl (C=O) groups is 1. The molecule has 1 amide bonds. The van der Waals surface area contributed by atoms with Gasteiger partial charge in [0.05, 0.1) is 22.2 Å². The highest BCUT2D eigenvalue weighted by molar-refractivity contribution is 6.35. The first-order chi connectivity index (χ1) is 18.9. The van der Waals surface area contributed by atoms with Crippen LogP contribution in [0.25, 0.3) is 11.1 Å². The van der Waals surface area contributed by atoms with Gasteiger partial charge in [0.25, 0.3) is 0 Å². The van der Waals surface area contributed by atoms with Crippen LogP contribution < -0.4 is 10.6 Å². The largest absolute Gasteiger partial charge is 0.398 e. The fourth-order valence-electron chi connectivity index (χ4n) is 7.92. The van der Waals surface area contributed by atoms with Crippen LogP contribution in [0.3, 0.4) is 0 Å². The number of rotatable bonds is 7. The van der Waals surface area contributed by atoms with Gasteiger partial charge in [-0.3, -0.25) is 14.4 Å². The van der Waals surface area contributed by atoms with Crippen LogP contribution in [0, 0.1) is 24.7 Å². The molecule has 4 aliphatic rings. The van der Waals surface area contributed by atoms with Crippen molar-refractivity contribution in [2.45, 2.75) is 77.0 Å². The third-order valence-electron chi connectivity index (χ3n) is 9.83. The topological polar surface area (TPSA) is 115 Å². The van der Waals surface area contributed by atoms with Crippen molar-refractivity contribution < 1.29 is 9.90 Å². The highest BCUT2D eigenvalue weighted by Gasteiger charge is 2.54. The van der Waals surface area contributed by atoms with Crippen LogP contribution in [-0.4, -0.2) is 87.7 Å². The Morgan fingerprint density at radius 3 is 2.48 bits per heavy atom. The number of benzene rings is 1. The minimum Gasteiger partial charge on any atom is -0.398 e. The third-order valence-corrected chi connectivity index (χ3v) is 10.3. The molecular formula is C30H42ClN7O2. The lowest BCUT2D eigenvalue weighted by Gasteiger charge is -2.58. The normalized spacial score (nSPS) is 22.2. The molecule has 2 aliphatic carbocycles. The van der Waals surface area contributed by atoms with E-state index in [9.17, 15) is 9.90 Å². The van der Waals surface area contributed by atoms with Crippen LogP contribution in [-0.2, 0) is 4.79 Å². The van der Waals surface area contributed by atoms with E-state index in [2.05, 4.69) is 21.4 Å². The number of amides is 1. The summed E-state index contributed by atoms with van der Waals surface area (Å²) >= 11 is 7.04. The van der Waals surface area contributed by atoms with Crippen molar-refractivity contribution >= 4 is 35.7 Å². The summed E-state index contributed by atoms with van der Waals surface area (Å²) < 4.78 is 2.19. The van der Waals surface area contributed by atoms with Gasteiger partial charge in [-0.2, -0.15) is 5.10 Å². The number of aromatic nitrogens is 2. The summed E-state index contributed by atoms with van der Waals surface area (Å²) in [6.45, 7) is 12.7. The van der Waals surface area contributed by atoms with Crippen molar-refractivity contribution in [1.29, 1.82) is 5.41 Å². The second kappa shape index (κ2) is 9.46. The van der Waals surface area contributed by atoms with E-state index in [4.69, 9.17) is 27.8 Å². The van der Waals surface area contributed by atoms with Gasteiger partial charge < -0.3 is 26.0 Å². The third kappa shape index (κ3) is 4.32. The van der Waals surface area contributed by atoms with E-state index in [-0.39, 0.29) is 17.0 Å². The van der Waals surface area contributed by atoms with Crippen molar-refractivity contribution in [1.82, 2.24) is 19.6 Å². The average Bonchev–Trinajstić information content (AvgIpc) is 3.13. The summed E-state index contributed by atoms with van der Waals surface area (Å²) in [6, 6.07) is 2.11. The quantitative estimate of drug-likeness (QED) is 0.265. The molecule has 4 fully saturated rings. The van der Waals surface area contributed by atoms with Crippen molar-refractivity contribution in [2.75, 3.05) is 49.9 Å². The number of hydrogen-bond acceptors (Lipinski definition) is 7. The maximum atomic E-state index is 11.2. The summed E-state index contributed by atoms with van der Waals surface area (Å²) in [5.41, 5.74) is 10.8. The van der Waals surface area contributed by atoms with E-state index in [1.165, 1.54) is 12.6 Å². The zero-order valence-corrected chi connectivity index (χ0v) is 24.9. The molecule has 1 aromatic heterocycles. The van der Waals surface area contributed by atoms with Crippen molar-refractivity contribution in [2.24, 2.45) is 5.41 Å². The average molecular weight is 568 g/mol. The standard InChI is InChI=1S/C30H42ClN7O2/c1-19-10-23(33)22(13-32)25(26(19)31)24-20(2)38(21-11-29(12-21)15-36(16-29)18-39)34-27(24)37-9-8-35(14-28(3,4)40)17-30(37)6-5-7-30/h10,13,18,21,32,40H,5-9,11-12,14-17,33H2,1-4H3. The Balaban J connectivity index is 1.44. The van der Waals surface area contributed by atoms with Gasteiger partial charge in [-0.25, -0.2) is 0 Å². The first kappa shape index (κ1) is 27.5. The highest BCUT2D eigenvalue weighted by atomic mass is 35.5. The van der Waals surface area contributed by atoms with Gasteiger partial charge in [-0.1, -0.05) is 11.6 Å². The maximum absolute atomic E-state index is 11.2. The number of halogens is 1. The smallest absolute Gasteiger partial charge is 0.209 e. The molecule has 0 radical (unpaired) electrons. The number of piperazine rings is 1. The predicted octanol–water partition coefficient (Wildman–Crippen LogP) is 4.01. The Labute approximate surface area is 241 Å². The van der Waals surface area contributed by atoms with Crippen molar-refractivity contribution in [3.8, 4) is 11.1 Å². The first-order valence-electron chi connectivity index (χ1n) is 14.5. The van der Waals surface area contributed by atoms with Gasteiger partial charge in [0.1, 0.15) is 0 Å². The first-order valence-corrected chi connectivity index (χ1v) is 14.9. The second-order valence-electron chi connectivity index (χ2n) is 13.6. The number of nitrogens with zero attached hydrogens (tertiary/aromatic N) is 5. The minimum atomic E-state index is -0.747. The second-order valence-corrected chi connectivity index (χ2v) is 14.0. The molecule has 2 spiro atoms. The number of nitrogen functional groups attached to an aromatic ring is 1. The van der Waals surface area contributed by atoms with Gasteiger partial charge in [-0.15, -0.1) is 0 Å². The predicted molar refractivity (Wildman–Crippen MR) is 159 cm³/mol. The van der Waals surface area contributed by atoms with Crippen molar-refractivity contribution in [3.05, 3.63) is 27.9 Å². The Bertz CT molecular complexity index is 1340. The number of likely N-dealkylation sites (tertiary alicyclic amines) is 1. The Morgan fingerprint density at radius 2 is 1.90 bits per heavy atom. The van der Waals surface area contributed by atoms with E-state index >= 15 is 0 Å². The van der Waals surface area contributed by atoms with Gasteiger partial charge in [0.15, 0.2) is 5.82 Å².